The van der Waals surface area contributed by atoms with Crippen LogP contribution < -0.4 is 0 Å². The van der Waals surface area contributed by atoms with Gasteiger partial charge >= 0.3 is 0 Å². The fraction of sp³-hybridized carbons (Fsp3) is 0.500. The fourth-order valence-electron chi connectivity index (χ4n) is 4.13. The maximum atomic E-state index is 15.0. The Bertz CT molecular complexity index is 1060. The van der Waals surface area contributed by atoms with Crippen molar-refractivity contribution in [1.29, 1.82) is 0 Å². The minimum atomic E-state index is -3.79. The summed E-state index contributed by atoms with van der Waals surface area (Å²) in [7, 11) is -3.79. The Labute approximate surface area is 193 Å². The van der Waals surface area contributed by atoms with Crippen molar-refractivity contribution in [2.24, 2.45) is 0 Å². The van der Waals surface area contributed by atoms with Gasteiger partial charge in [-0.25, -0.2) is 17.2 Å². The van der Waals surface area contributed by atoms with E-state index in [9.17, 15) is 17.9 Å². The molecule has 6 nitrogen and oxygen atoms in total. The number of nitrogens with zero attached hydrogens (tertiary/aromatic N) is 1. The number of ether oxygens (including phenoxy) is 1. The summed E-state index contributed by atoms with van der Waals surface area (Å²) >= 11 is 0. The number of halogens is 2. The van der Waals surface area contributed by atoms with Gasteiger partial charge in [-0.1, -0.05) is 30.3 Å². The molecule has 0 unspecified atom stereocenters. The molecule has 0 radical (unpaired) electrons. The molecule has 1 saturated heterocycles. The molecule has 0 spiro atoms. The second kappa shape index (κ2) is 10.1. The monoisotopic (exact) mass is 483 g/mol. The van der Waals surface area contributed by atoms with Crippen LogP contribution in [0.15, 0.2) is 42.5 Å². The topological polar surface area (TPSA) is 87.1 Å². The van der Waals surface area contributed by atoms with E-state index in [2.05, 4.69) is 0 Å². The van der Waals surface area contributed by atoms with E-state index in [1.54, 1.807) is 31.2 Å². The number of aliphatic hydroxyl groups is 2. The van der Waals surface area contributed by atoms with Gasteiger partial charge in [-0.15, -0.1) is 0 Å². The van der Waals surface area contributed by atoms with Crippen LogP contribution in [0.5, 0.6) is 0 Å². The number of benzene rings is 2. The van der Waals surface area contributed by atoms with Crippen molar-refractivity contribution < 1.29 is 32.1 Å². The molecule has 1 aliphatic rings. The van der Waals surface area contributed by atoms with Crippen LogP contribution in [0.3, 0.4) is 0 Å². The first-order valence-corrected chi connectivity index (χ1v) is 12.4. The molecule has 33 heavy (non-hydrogen) atoms. The SMILES string of the molecule is C[C@H]1CC[C@H](c2ccccc2)S(=O)(=O)N1Cc1cc(F)c(C(C)(C)OC[C@H](O)CO)cc1F. The van der Waals surface area contributed by atoms with E-state index in [4.69, 9.17) is 9.84 Å². The lowest BCUT2D eigenvalue weighted by Gasteiger charge is -2.37. The molecule has 1 fully saturated rings. The van der Waals surface area contributed by atoms with Crippen LogP contribution in [0.2, 0.25) is 0 Å². The second-order valence-electron chi connectivity index (χ2n) is 9.00. The maximum absolute atomic E-state index is 15.0. The quantitative estimate of drug-likeness (QED) is 0.599. The smallest absolute Gasteiger partial charge is 0.221 e. The Kier molecular flexibility index (Phi) is 7.91. The second-order valence-corrected chi connectivity index (χ2v) is 11.1. The lowest BCUT2D eigenvalue weighted by Crippen LogP contribution is -2.44. The molecule has 0 amide bonds. The first-order valence-electron chi connectivity index (χ1n) is 10.9. The summed E-state index contributed by atoms with van der Waals surface area (Å²) in [4.78, 5) is 0. The first-order chi connectivity index (χ1) is 15.5. The highest BCUT2D eigenvalue weighted by atomic mass is 32.2. The standard InChI is InChI=1S/C24H31F2NO5S/c1-16-9-10-23(17-7-5-4-6-8-17)33(30,31)27(16)13-18-11-22(26)20(12-21(18)25)24(2,3)32-15-19(29)14-28/h4-8,11-12,16,19,23,28-29H,9-10,13-15H2,1-3H3/t16-,19+,23+/m0/s1. The van der Waals surface area contributed by atoms with Crippen molar-refractivity contribution in [1.82, 2.24) is 4.31 Å². The van der Waals surface area contributed by atoms with E-state index in [0.29, 0.717) is 18.4 Å². The molecule has 2 N–H and O–H groups in total. The van der Waals surface area contributed by atoms with Gasteiger partial charge < -0.3 is 14.9 Å². The van der Waals surface area contributed by atoms with Crippen LogP contribution in [0.4, 0.5) is 8.78 Å². The van der Waals surface area contributed by atoms with Gasteiger partial charge in [-0.3, -0.25) is 0 Å². The van der Waals surface area contributed by atoms with Gasteiger partial charge in [0.2, 0.25) is 10.0 Å². The predicted molar refractivity (Wildman–Crippen MR) is 121 cm³/mol. The van der Waals surface area contributed by atoms with Gasteiger partial charge in [-0.2, -0.15) is 4.31 Å². The van der Waals surface area contributed by atoms with Crippen molar-refractivity contribution in [2.75, 3.05) is 13.2 Å². The maximum Gasteiger partial charge on any atom is 0.221 e. The summed E-state index contributed by atoms with van der Waals surface area (Å²) in [5, 5.41) is 17.7. The van der Waals surface area contributed by atoms with E-state index in [-0.39, 0.29) is 30.3 Å². The molecule has 3 atom stereocenters. The van der Waals surface area contributed by atoms with Crippen molar-refractivity contribution in [3.05, 3.63) is 70.8 Å². The van der Waals surface area contributed by atoms with Gasteiger partial charge in [0, 0.05) is 23.7 Å². The highest BCUT2D eigenvalue weighted by molar-refractivity contribution is 7.89. The Balaban J connectivity index is 1.87. The third-order valence-electron chi connectivity index (χ3n) is 6.15. The summed E-state index contributed by atoms with van der Waals surface area (Å²) in [6.07, 6.45) is -0.0696. The minimum absolute atomic E-state index is 0.0634. The molecular formula is C24H31F2NO5S. The first kappa shape index (κ1) is 25.7. The average Bonchev–Trinajstić information content (AvgIpc) is 2.77. The molecular weight excluding hydrogens is 452 g/mol. The fourth-order valence-corrected chi connectivity index (χ4v) is 6.31. The molecule has 0 saturated carbocycles. The van der Waals surface area contributed by atoms with Crippen LogP contribution >= 0.6 is 0 Å². The molecule has 1 aliphatic heterocycles. The predicted octanol–water partition coefficient (Wildman–Crippen LogP) is 3.63. The zero-order valence-corrected chi connectivity index (χ0v) is 19.9. The molecule has 0 aromatic heterocycles. The minimum Gasteiger partial charge on any atom is -0.394 e. The Morgan fingerprint density at radius 2 is 1.82 bits per heavy atom. The zero-order valence-electron chi connectivity index (χ0n) is 19.0. The van der Waals surface area contributed by atoms with E-state index >= 15 is 4.39 Å². The van der Waals surface area contributed by atoms with E-state index in [1.807, 2.05) is 6.07 Å². The molecule has 0 bridgehead atoms. The van der Waals surface area contributed by atoms with Crippen molar-refractivity contribution >= 4 is 10.0 Å². The summed E-state index contributed by atoms with van der Waals surface area (Å²) in [6, 6.07) is 10.6. The van der Waals surface area contributed by atoms with E-state index in [1.165, 1.54) is 18.2 Å². The largest absolute Gasteiger partial charge is 0.394 e. The molecule has 2 aromatic carbocycles. The highest BCUT2D eigenvalue weighted by Crippen LogP contribution is 2.38. The van der Waals surface area contributed by atoms with Crippen LogP contribution in [-0.4, -0.2) is 48.3 Å². The Morgan fingerprint density at radius 1 is 1.15 bits per heavy atom. The van der Waals surface area contributed by atoms with E-state index < -0.39 is 45.2 Å². The Hall–Kier alpha value is -1.91. The molecule has 1 heterocycles. The molecule has 0 aliphatic carbocycles. The molecule has 3 rings (SSSR count). The molecule has 182 valence electrons. The van der Waals surface area contributed by atoms with Crippen LogP contribution in [0, 0.1) is 11.6 Å². The summed E-state index contributed by atoms with van der Waals surface area (Å²) in [5.41, 5.74) is -0.722. The third kappa shape index (κ3) is 5.60. The van der Waals surface area contributed by atoms with Gasteiger partial charge in [0.05, 0.1) is 18.8 Å². The lowest BCUT2D eigenvalue weighted by atomic mass is 9.95. The van der Waals surface area contributed by atoms with E-state index in [0.717, 1.165) is 12.1 Å². The highest BCUT2D eigenvalue weighted by Gasteiger charge is 2.41. The number of hydrogen-bond acceptors (Lipinski definition) is 5. The number of hydrogen-bond donors (Lipinski definition) is 2. The van der Waals surface area contributed by atoms with Gasteiger partial charge in [0.1, 0.15) is 23.0 Å². The van der Waals surface area contributed by atoms with Gasteiger partial charge in [0.25, 0.3) is 0 Å². The zero-order chi connectivity index (χ0) is 24.4. The van der Waals surface area contributed by atoms with Crippen LogP contribution in [-0.2, 0) is 26.9 Å². The Morgan fingerprint density at radius 3 is 2.45 bits per heavy atom. The number of aliphatic hydroxyl groups excluding tert-OH is 2. The van der Waals surface area contributed by atoms with Crippen LogP contribution in [0.1, 0.15) is 55.6 Å². The van der Waals surface area contributed by atoms with Crippen molar-refractivity contribution in [3.8, 4) is 0 Å². The van der Waals surface area contributed by atoms with Crippen molar-refractivity contribution in [2.45, 2.75) is 63.2 Å². The normalized spacial score (nSPS) is 22.3. The van der Waals surface area contributed by atoms with Gasteiger partial charge in [0.15, 0.2) is 0 Å². The van der Waals surface area contributed by atoms with Crippen LogP contribution in [0.25, 0.3) is 0 Å². The van der Waals surface area contributed by atoms with Crippen molar-refractivity contribution in [3.63, 3.8) is 0 Å². The summed E-state index contributed by atoms with van der Waals surface area (Å²) in [6.45, 7) is 3.77. The summed E-state index contributed by atoms with van der Waals surface area (Å²) in [5.74, 6) is -1.48. The lowest BCUT2D eigenvalue weighted by molar-refractivity contribution is -0.0756. The molecule has 2 aromatic rings. The third-order valence-corrected chi connectivity index (χ3v) is 8.52. The number of sulfonamides is 1. The summed E-state index contributed by atoms with van der Waals surface area (Å²) < 4.78 is 63.5. The molecule has 9 heteroatoms. The average molecular weight is 484 g/mol. The van der Waals surface area contributed by atoms with Gasteiger partial charge in [-0.05, 0) is 51.3 Å². The number of rotatable bonds is 8.